The minimum atomic E-state index is 0.0893. The number of carbonyl (C=O) groups is 1. The number of benzene rings is 1. The number of hydrogen-bond acceptors (Lipinski definition) is 3. The van der Waals surface area contributed by atoms with Gasteiger partial charge >= 0.3 is 0 Å². The van der Waals surface area contributed by atoms with Crippen LogP contribution in [0.2, 0.25) is 0 Å². The van der Waals surface area contributed by atoms with E-state index in [2.05, 4.69) is 29.7 Å². The normalized spacial score (nSPS) is 12.2. The van der Waals surface area contributed by atoms with Crippen molar-refractivity contribution < 1.29 is 9.53 Å². The molecule has 1 unspecified atom stereocenters. The predicted octanol–water partition coefficient (Wildman–Crippen LogP) is 2.65. The molecular formula is C16H26N2O2. The standard InChI is InChI=1S/C16H26N2O2/c1-5-20-15-8-6-14(7-9-15)13(4)17-11-10-16(19)18-12(2)3/h6-9,12-13,17H,5,10-11H2,1-4H3,(H,18,19). The van der Waals surface area contributed by atoms with Crippen molar-refractivity contribution in [3.63, 3.8) is 0 Å². The molecule has 20 heavy (non-hydrogen) atoms. The molecule has 0 saturated heterocycles. The molecule has 0 saturated carbocycles. The van der Waals surface area contributed by atoms with E-state index in [1.807, 2.05) is 32.9 Å². The van der Waals surface area contributed by atoms with E-state index in [9.17, 15) is 4.79 Å². The summed E-state index contributed by atoms with van der Waals surface area (Å²) < 4.78 is 5.42. The molecule has 0 heterocycles. The third kappa shape index (κ3) is 6.06. The van der Waals surface area contributed by atoms with Gasteiger partial charge in [-0.2, -0.15) is 0 Å². The van der Waals surface area contributed by atoms with Crippen LogP contribution in [0.4, 0.5) is 0 Å². The van der Waals surface area contributed by atoms with Gasteiger partial charge in [-0.25, -0.2) is 0 Å². The fourth-order valence-electron chi connectivity index (χ4n) is 1.93. The SMILES string of the molecule is CCOc1ccc(C(C)NCCC(=O)NC(C)C)cc1. The summed E-state index contributed by atoms with van der Waals surface area (Å²) in [7, 11) is 0. The average molecular weight is 278 g/mol. The van der Waals surface area contributed by atoms with Gasteiger partial charge in [0.15, 0.2) is 0 Å². The number of rotatable bonds is 8. The van der Waals surface area contributed by atoms with Crippen molar-refractivity contribution in [3.8, 4) is 5.75 Å². The molecule has 0 aromatic heterocycles. The van der Waals surface area contributed by atoms with Crippen LogP contribution >= 0.6 is 0 Å². The van der Waals surface area contributed by atoms with Crippen LogP contribution in [-0.4, -0.2) is 25.1 Å². The lowest BCUT2D eigenvalue weighted by atomic mass is 10.1. The lowest BCUT2D eigenvalue weighted by Crippen LogP contribution is -2.33. The molecule has 0 aliphatic heterocycles. The van der Waals surface area contributed by atoms with Gasteiger partial charge in [0.25, 0.3) is 0 Å². The molecule has 1 aromatic rings. The summed E-state index contributed by atoms with van der Waals surface area (Å²) in [6.45, 7) is 9.35. The molecule has 1 amide bonds. The number of amides is 1. The average Bonchev–Trinajstić information content (AvgIpc) is 2.39. The molecule has 0 spiro atoms. The fraction of sp³-hybridized carbons (Fsp3) is 0.562. The van der Waals surface area contributed by atoms with Crippen LogP contribution in [0.25, 0.3) is 0 Å². The topological polar surface area (TPSA) is 50.4 Å². The Morgan fingerprint density at radius 1 is 1.20 bits per heavy atom. The third-order valence-electron chi connectivity index (χ3n) is 2.94. The fourth-order valence-corrected chi connectivity index (χ4v) is 1.93. The first kappa shape index (κ1) is 16.5. The van der Waals surface area contributed by atoms with Crippen molar-refractivity contribution >= 4 is 5.91 Å². The van der Waals surface area contributed by atoms with Gasteiger partial charge in [-0.3, -0.25) is 4.79 Å². The first-order chi connectivity index (χ1) is 9.52. The van der Waals surface area contributed by atoms with Crippen LogP contribution in [0.15, 0.2) is 24.3 Å². The molecule has 0 radical (unpaired) electrons. The van der Waals surface area contributed by atoms with Crippen molar-refractivity contribution in [2.75, 3.05) is 13.2 Å². The first-order valence-electron chi connectivity index (χ1n) is 7.28. The molecule has 4 nitrogen and oxygen atoms in total. The van der Waals surface area contributed by atoms with E-state index in [4.69, 9.17) is 4.74 Å². The lowest BCUT2D eigenvalue weighted by Gasteiger charge is -2.15. The van der Waals surface area contributed by atoms with Crippen molar-refractivity contribution in [1.29, 1.82) is 0 Å². The summed E-state index contributed by atoms with van der Waals surface area (Å²) in [5.74, 6) is 0.978. The highest BCUT2D eigenvalue weighted by atomic mass is 16.5. The van der Waals surface area contributed by atoms with Crippen molar-refractivity contribution in [3.05, 3.63) is 29.8 Å². The van der Waals surface area contributed by atoms with Crippen molar-refractivity contribution in [1.82, 2.24) is 10.6 Å². The summed E-state index contributed by atoms with van der Waals surface area (Å²) >= 11 is 0. The number of nitrogens with one attached hydrogen (secondary N) is 2. The highest BCUT2D eigenvalue weighted by Gasteiger charge is 2.07. The predicted molar refractivity (Wildman–Crippen MR) is 81.9 cm³/mol. The van der Waals surface area contributed by atoms with Crippen LogP contribution in [0.1, 0.15) is 45.7 Å². The van der Waals surface area contributed by atoms with E-state index in [0.29, 0.717) is 19.6 Å². The molecule has 0 aliphatic rings. The van der Waals surface area contributed by atoms with E-state index in [-0.39, 0.29) is 18.0 Å². The molecular weight excluding hydrogens is 252 g/mol. The molecule has 1 rings (SSSR count). The summed E-state index contributed by atoms with van der Waals surface area (Å²) in [5, 5.41) is 6.24. The van der Waals surface area contributed by atoms with E-state index in [1.54, 1.807) is 0 Å². The van der Waals surface area contributed by atoms with Crippen molar-refractivity contribution in [2.24, 2.45) is 0 Å². The Morgan fingerprint density at radius 2 is 1.85 bits per heavy atom. The third-order valence-corrected chi connectivity index (χ3v) is 2.94. The Kier molecular flexibility index (Phi) is 7.09. The van der Waals surface area contributed by atoms with Gasteiger partial charge < -0.3 is 15.4 Å². The van der Waals surface area contributed by atoms with Crippen molar-refractivity contribution in [2.45, 2.75) is 46.2 Å². The summed E-state index contributed by atoms with van der Waals surface area (Å²) in [5.41, 5.74) is 1.19. The van der Waals surface area contributed by atoms with Gasteiger partial charge in [-0.1, -0.05) is 12.1 Å². The van der Waals surface area contributed by atoms with Crippen LogP contribution in [0.3, 0.4) is 0 Å². The zero-order valence-corrected chi connectivity index (χ0v) is 12.9. The molecule has 0 fully saturated rings. The molecule has 1 aromatic carbocycles. The highest BCUT2D eigenvalue weighted by Crippen LogP contribution is 2.17. The number of carbonyl (C=O) groups excluding carboxylic acids is 1. The van der Waals surface area contributed by atoms with Gasteiger partial charge in [0.2, 0.25) is 5.91 Å². The largest absolute Gasteiger partial charge is 0.494 e. The zero-order valence-electron chi connectivity index (χ0n) is 12.9. The Bertz CT molecular complexity index is 401. The maximum absolute atomic E-state index is 11.5. The van der Waals surface area contributed by atoms with E-state index in [0.717, 1.165) is 5.75 Å². The first-order valence-corrected chi connectivity index (χ1v) is 7.28. The summed E-state index contributed by atoms with van der Waals surface area (Å²) in [6.07, 6.45) is 0.500. The van der Waals surface area contributed by atoms with Gasteiger partial charge in [0, 0.05) is 25.0 Å². The maximum Gasteiger partial charge on any atom is 0.221 e. The number of ether oxygens (including phenoxy) is 1. The Hall–Kier alpha value is -1.55. The second-order valence-electron chi connectivity index (χ2n) is 5.15. The monoisotopic (exact) mass is 278 g/mol. The minimum absolute atomic E-state index is 0.0893. The van der Waals surface area contributed by atoms with Gasteiger partial charge in [-0.05, 0) is 45.4 Å². The Balaban J connectivity index is 2.35. The van der Waals surface area contributed by atoms with Gasteiger partial charge in [0.1, 0.15) is 5.75 Å². The van der Waals surface area contributed by atoms with Crippen LogP contribution in [0, 0.1) is 0 Å². The molecule has 4 heteroatoms. The van der Waals surface area contributed by atoms with Gasteiger partial charge in [-0.15, -0.1) is 0 Å². The Labute approximate surface area is 121 Å². The quantitative estimate of drug-likeness (QED) is 0.768. The van der Waals surface area contributed by atoms with E-state index in [1.165, 1.54) is 5.56 Å². The summed E-state index contributed by atoms with van der Waals surface area (Å²) in [6, 6.07) is 8.47. The van der Waals surface area contributed by atoms with E-state index >= 15 is 0 Å². The van der Waals surface area contributed by atoms with E-state index < -0.39 is 0 Å². The zero-order chi connectivity index (χ0) is 15.0. The Morgan fingerprint density at radius 3 is 2.40 bits per heavy atom. The lowest BCUT2D eigenvalue weighted by molar-refractivity contribution is -0.121. The number of hydrogen-bond donors (Lipinski definition) is 2. The molecule has 0 aliphatic carbocycles. The van der Waals surface area contributed by atoms with Crippen LogP contribution in [0.5, 0.6) is 5.75 Å². The second-order valence-corrected chi connectivity index (χ2v) is 5.15. The summed E-state index contributed by atoms with van der Waals surface area (Å²) in [4.78, 5) is 11.5. The molecule has 1 atom stereocenters. The maximum atomic E-state index is 11.5. The molecule has 0 bridgehead atoms. The van der Waals surface area contributed by atoms with Crippen LogP contribution < -0.4 is 15.4 Å². The highest BCUT2D eigenvalue weighted by molar-refractivity contribution is 5.76. The molecule has 2 N–H and O–H groups in total. The van der Waals surface area contributed by atoms with Gasteiger partial charge in [0.05, 0.1) is 6.61 Å². The van der Waals surface area contributed by atoms with Crippen LogP contribution in [-0.2, 0) is 4.79 Å². The minimum Gasteiger partial charge on any atom is -0.494 e. The smallest absolute Gasteiger partial charge is 0.221 e. The molecule has 112 valence electrons. The second kappa shape index (κ2) is 8.59.